The lowest BCUT2D eigenvalue weighted by atomic mass is 10.1. The average Bonchev–Trinajstić information content (AvgIpc) is 3.28. The maximum absolute atomic E-state index is 11.5. The first kappa shape index (κ1) is 17.0. The van der Waals surface area contributed by atoms with E-state index in [1.54, 1.807) is 25.2 Å². The van der Waals surface area contributed by atoms with Crippen molar-refractivity contribution in [2.24, 2.45) is 0 Å². The van der Waals surface area contributed by atoms with Crippen LogP contribution in [0.25, 0.3) is 22.6 Å². The number of rotatable bonds is 5. The number of nitro benzene ring substituents is 1. The van der Waals surface area contributed by atoms with Crippen molar-refractivity contribution in [3.05, 3.63) is 67.5 Å². The van der Waals surface area contributed by atoms with Crippen molar-refractivity contribution in [2.45, 2.75) is 0 Å². The van der Waals surface area contributed by atoms with Crippen LogP contribution in [0, 0.1) is 10.1 Å². The predicted octanol–water partition coefficient (Wildman–Crippen LogP) is 4.31. The number of carbonyl (C=O) groups excluding carboxylic acids is 1. The van der Waals surface area contributed by atoms with E-state index in [-0.39, 0.29) is 16.5 Å². The Labute approximate surface area is 151 Å². The van der Waals surface area contributed by atoms with Gasteiger partial charge in [-0.2, -0.15) is 0 Å². The molecule has 0 atom stereocenters. The normalized spacial score (nSPS) is 10.9. The van der Waals surface area contributed by atoms with E-state index in [4.69, 9.17) is 0 Å². The highest BCUT2D eigenvalue weighted by Crippen LogP contribution is 2.35. The highest BCUT2D eigenvalue weighted by Gasteiger charge is 2.15. The molecule has 0 bridgehead atoms. The van der Waals surface area contributed by atoms with Crippen LogP contribution in [0.15, 0.2) is 42.6 Å². The molecule has 126 valence electrons. The van der Waals surface area contributed by atoms with Crippen LogP contribution >= 0.6 is 22.7 Å². The van der Waals surface area contributed by atoms with Crippen LogP contribution in [0.1, 0.15) is 19.6 Å². The van der Waals surface area contributed by atoms with E-state index >= 15 is 0 Å². The molecular weight excluding hydrogens is 358 g/mol. The van der Waals surface area contributed by atoms with Crippen LogP contribution in [0.2, 0.25) is 0 Å². The summed E-state index contributed by atoms with van der Waals surface area (Å²) >= 11 is 2.76. The van der Waals surface area contributed by atoms with Gasteiger partial charge in [0.15, 0.2) is 0 Å². The van der Waals surface area contributed by atoms with Crippen molar-refractivity contribution < 1.29 is 9.72 Å². The topological polar surface area (TPSA) is 85.1 Å². The summed E-state index contributed by atoms with van der Waals surface area (Å²) in [4.78, 5) is 28.8. The van der Waals surface area contributed by atoms with Gasteiger partial charge in [0.05, 0.1) is 16.7 Å². The van der Waals surface area contributed by atoms with E-state index in [0.717, 1.165) is 14.8 Å². The van der Waals surface area contributed by atoms with Crippen LogP contribution in [-0.2, 0) is 0 Å². The molecule has 0 unspecified atom stereocenters. The Morgan fingerprint density at radius 1 is 1.20 bits per heavy atom. The summed E-state index contributed by atoms with van der Waals surface area (Å²) in [7, 11) is 1.58. The van der Waals surface area contributed by atoms with Crippen molar-refractivity contribution in [1.82, 2.24) is 10.3 Å². The molecular formula is C17H13N3O3S2. The molecule has 0 fully saturated rings. The largest absolute Gasteiger partial charge is 0.354 e. The zero-order chi connectivity index (χ0) is 17.8. The van der Waals surface area contributed by atoms with Gasteiger partial charge in [0.1, 0.15) is 9.88 Å². The summed E-state index contributed by atoms with van der Waals surface area (Å²) < 4.78 is 0. The summed E-state index contributed by atoms with van der Waals surface area (Å²) in [5, 5.41) is 14.4. The van der Waals surface area contributed by atoms with Gasteiger partial charge in [-0.3, -0.25) is 14.9 Å². The number of nitrogens with one attached hydrogen (secondary N) is 1. The first-order valence-electron chi connectivity index (χ1n) is 7.28. The van der Waals surface area contributed by atoms with Crippen molar-refractivity contribution in [1.29, 1.82) is 0 Å². The number of benzene rings is 1. The molecule has 0 aliphatic rings. The molecule has 2 aromatic heterocycles. The van der Waals surface area contributed by atoms with Gasteiger partial charge in [-0.15, -0.1) is 22.7 Å². The Kier molecular flexibility index (Phi) is 5.01. The highest BCUT2D eigenvalue weighted by atomic mass is 32.1. The van der Waals surface area contributed by atoms with Gasteiger partial charge < -0.3 is 5.32 Å². The molecule has 0 saturated carbocycles. The van der Waals surface area contributed by atoms with E-state index in [2.05, 4.69) is 10.3 Å². The summed E-state index contributed by atoms with van der Waals surface area (Å²) in [5.74, 6) is -0.160. The molecule has 0 radical (unpaired) electrons. The molecule has 2 heterocycles. The maximum atomic E-state index is 11.5. The third-order valence-electron chi connectivity index (χ3n) is 3.36. The molecule has 1 aromatic carbocycles. The van der Waals surface area contributed by atoms with Crippen LogP contribution < -0.4 is 5.32 Å². The SMILES string of the molecule is CNC(=O)c1cnc(/C=C\c2ccc(-c3ccccc3[N+](=O)[O-])s2)s1. The number of hydrogen-bond acceptors (Lipinski definition) is 6. The van der Waals surface area contributed by atoms with Crippen molar-refractivity contribution in [3.8, 4) is 10.4 Å². The van der Waals surface area contributed by atoms with Gasteiger partial charge in [-0.25, -0.2) is 4.98 Å². The molecule has 6 nitrogen and oxygen atoms in total. The smallest absolute Gasteiger partial charge is 0.278 e. The minimum absolute atomic E-state index is 0.0926. The Hall–Kier alpha value is -2.84. The number of nitro groups is 1. The third kappa shape index (κ3) is 3.81. The number of thiophene rings is 1. The predicted molar refractivity (Wildman–Crippen MR) is 101 cm³/mol. The third-order valence-corrected chi connectivity index (χ3v) is 5.40. The second kappa shape index (κ2) is 7.37. The second-order valence-electron chi connectivity index (χ2n) is 4.95. The number of nitrogens with zero attached hydrogens (tertiary/aromatic N) is 2. The van der Waals surface area contributed by atoms with Crippen LogP contribution in [0.3, 0.4) is 0 Å². The fraction of sp³-hybridized carbons (Fsp3) is 0.0588. The molecule has 0 spiro atoms. The minimum Gasteiger partial charge on any atom is -0.354 e. The van der Waals surface area contributed by atoms with Crippen LogP contribution in [-0.4, -0.2) is 22.9 Å². The van der Waals surface area contributed by atoms with Crippen molar-refractivity contribution in [2.75, 3.05) is 7.05 Å². The van der Waals surface area contributed by atoms with Gasteiger partial charge in [0.2, 0.25) is 0 Å². The molecule has 3 aromatic rings. The maximum Gasteiger partial charge on any atom is 0.278 e. The molecule has 25 heavy (non-hydrogen) atoms. The summed E-state index contributed by atoms with van der Waals surface area (Å²) in [6.07, 6.45) is 5.25. The van der Waals surface area contributed by atoms with Crippen molar-refractivity contribution in [3.63, 3.8) is 0 Å². The number of aromatic nitrogens is 1. The van der Waals surface area contributed by atoms with Crippen molar-refractivity contribution >= 4 is 46.4 Å². The highest BCUT2D eigenvalue weighted by molar-refractivity contribution is 7.16. The molecule has 0 aliphatic heterocycles. The van der Waals surface area contributed by atoms with E-state index < -0.39 is 0 Å². The van der Waals surface area contributed by atoms with Gasteiger partial charge in [0.25, 0.3) is 11.6 Å². The van der Waals surface area contributed by atoms with Crippen LogP contribution in [0.4, 0.5) is 5.69 Å². The second-order valence-corrected chi connectivity index (χ2v) is 7.13. The zero-order valence-corrected chi connectivity index (χ0v) is 14.8. The average molecular weight is 371 g/mol. The van der Waals surface area contributed by atoms with E-state index in [1.807, 2.05) is 24.3 Å². The fourth-order valence-corrected chi connectivity index (χ4v) is 3.89. The Balaban J connectivity index is 1.82. The Morgan fingerprint density at radius 2 is 2.00 bits per heavy atom. The number of hydrogen-bond donors (Lipinski definition) is 1. The first-order chi connectivity index (χ1) is 12.1. The lowest BCUT2D eigenvalue weighted by Crippen LogP contribution is -2.16. The quantitative estimate of drug-likeness (QED) is 0.535. The monoisotopic (exact) mass is 371 g/mol. The summed E-state index contributed by atoms with van der Waals surface area (Å²) in [6, 6.07) is 10.5. The minimum atomic E-state index is -0.375. The number of para-hydroxylation sites is 1. The van der Waals surface area contributed by atoms with E-state index in [9.17, 15) is 14.9 Å². The first-order valence-corrected chi connectivity index (χ1v) is 8.91. The molecule has 0 aliphatic carbocycles. The van der Waals surface area contributed by atoms with Gasteiger partial charge >= 0.3 is 0 Å². The summed E-state index contributed by atoms with van der Waals surface area (Å²) in [6.45, 7) is 0. The molecule has 0 saturated heterocycles. The zero-order valence-electron chi connectivity index (χ0n) is 13.1. The molecule has 1 amide bonds. The van der Waals surface area contributed by atoms with Gasteiger partial charge in [-0.05, 0) is 30.4 Å². The molecule has 1 N–H and O–H groups in total. The Bertz CT molecular complexity index is 959. The molecule has 8 heteroatoms. The van der Waals surface area contributed by atoms with Gasteiger partial charge in [-0.1, -0.05) is 12.1 Å². The van der Waals surface area contributed by atoms with Crippen LogP contribution in [0.5, 0.6) is 0 Å². The number of thiazole rings is 1. The van der Waals surface area contributed by atoms with E-state index in [1.165, 1.54) is 34.9 Å². The van der Waals surface area contributed by atoms with Gasteiger partial charge in [0, 0.05) is 22.9 Å². The standard InChI is InChI=1S/C17H13N3O3S2/c1-18-17(21)15-10-19-16(25-15)9-7-11-6-8-14(24-11)12-4-2-3-5-13(12)20(22)23/h2-10H,1H3,(H,18,21)/b9-7-. The number of amides is 1. The lowest BCUT2D eigenvalue weighted by Gasteiger charge is -1.98. The lowest BCUT2D eigenvalue weighted by molar-refractivity contribution is -0.384. The number of carbonyl (C=O) groups is 1. The molecule has 3 rings (SSSR count). The summed E-state index contributed by atoms with van der Waals surface area (Å²) in [5.41, 5.74) is 0.698. The fourth-order valence-electron chi connectivity index (χ4n) is 2.17. The van der Waals surface area contributed by atoms with E-state index in [0.29, 0.717) is 10.4 Å². The Morgan fingerprint density at radius 3 is 2.76 bits per heavy atom.